The van der Waals surface area contributed by atoms with Gasteiger partial charge in [0.25, 0.3) is 5.56 Å². The Morgan fingerprint density at radius 1 is 1.29 bits per heavy atom. The third kappa shape index (κ3) is 3.29. The number of aromatic nitrogens is 2. The standard InChI is InChI=1S/C17H20N4O3/c1-21-17(24)12-7-3-2-6-11(12)14(20-21)10-15(22)19-13-8-4-5-9-18-16(13)23/h2-3,6-7,13H,4-5,8-10H2,1H3,(H,18,23)(H,19,22)/t13-/m1/s1. The quantitative estimate of drug-likeness (QED) is 0.845. The van der Waals surface area contributed by atoms with Gasteiger partial charge in [-0.2, -0.15) is 5.10 Å². The van der Waals surface area contributed by atoms with E-state index in [1.165, 1.54) is 4.68 Å². The molecule has 0 saturated carbocycles. The van der Waals surface area contributed by atoms with Gasteiger partial charge in [0.1, 0.15) is 6.04 Å². The van der Waals surface area contributed by atoms with E-state index in [2.05, 4.69) is 15.7 Å². The minimum atomic E-state index is -0.501. The summed E-state index contributed by atoms with van der Waals surface area (Å²) in [6.07, 6.45) is 2.48. The number of hydrogen-bond donors (Lipinski definition) is 2. The highest BCUT2D eigenvalue weighted by atomic mass is 16.2. The molecule has 0 aliphatic carbocycles. The molecule has 2 amide bonds. The molecule has 2 N–H and O–H groups in total. The van der Waals surface area contributed by atoms with E-state index >= 15 is 0 Å². The molecule has 0 unspecified atom stereocenters. The van der Waals surface area contributed by atoms with Crippen molar-refractivity contribution < 1.29 is 9.59 Å². The maximum Gasteiger partial charge on any atom is 0.274 e. The summed E-state index contributed by atoms with van der Waals surface area (Å²) in [7, 11) is 1.56. The number of carbonyl (C=O) groups is 2. The number of fused-ring (bicyclic) bond motifs is 1. The van der Waals surface area contributed by atoms with Crippen LogP contribution in [0.5, 0.6) is 0 Å². The molecule has 1 fully saturated rings. The van der Waals surface area contributed by atoms with Gasteiger partial charge in [-0.25, -0.2) is 4.68 Å². The molecule has 0 bridgehead atoms. The zero-order valence-corrected chi connectivity index (χ0v) is 13.5. The molecule has 126 valence electrons. The van der Waals surface area contributed by atoms with Crippen molar-refractivity contribution in [3.63, 3.8) is 0 Å². The van der Waals surface area contributed by atoms with E-state index in [1.807, 2.05) is 6.07 Å². The first-order valence-corrected chi connectivity index (χ1v) is 8.08. The van der Waals surface area contributed by atoms with Crippen LogP contribution in [0, 0.1) is 0 Å². The van der Waals surface area contributed by atoms with Crippen LogP contribution < -0.4 is 16.2 Å². The van der Waals surface area contributed by atoms with Crippen molar-refractivity contribution in [2.75, 3.05) is 6.54 Å². The lowest BCUT2D eigenvalue weighted by atomic mass is 10.1. The van der Waals surface area contributed by atoms with Crippen LogP contribution in [0.2, 0.25) is 0 Å². The maximum absolute atomic E-state index is 12.4. The van der Waals surface area contributed by atoms with E-state index in [9.17, 15) is 14.4 Å². The summed E-state index contributed by atoms with van der Waals surface area (Å²) in [6.45, 7) is 0.651. The predicted molar refractivity (Wildman–Crippen MR) is 89.5 cm³/mol. The van der Waals surface area contributed by atoms with Crippen LogP contribution in [-0.4, -0.2) is 34.2 Å². The summed E-state index contributed by atoms with van der Waals surface area (Å²) in [6, 6.07) is 6.59. The van der Waals surface area contributed by atoms with Gasteiger partial charge in [0.2, 0.25) is 11.8 Å². The van der Waals surface area contributed by atoms with E-state index in [-0.39, 0.29) is 23.8 Å². The Balaban J connectivity index is 1.82. The van der Waals surface area contributed by atoms with Crippen LogP contribution >= 0.6 is 0 Å². The van der Waals surface area contributed by atoms with Gasteiger partial charge in [0.15, 0.2) is 0 Å². The first-order valence-electron chi connectivity index (χ1n) is 8.08. The zero-order chi connectivity index (χ0) is 17.1. The van der Waals surface area contributed by atoms with Gasteiger partial charge in [0, 0.05) is 19.0 Å². The largest absolute Gasteiger partial charge is 0.354 e. The lowest BCUT2D eigenvalue weighted by Crippen LogP contribution is -2.46. The van der Waals surface area contributed by atoms with Crippen LogP contribution in [0.1, 0.15) is 25.0 Å². The fourth-order valence-corrected chi connectivity index (χ4v) is 2.98. The SMILES string of the molecule is Cn1nc(CC(=O)N[C@@H]2CCCCNC2=O)c2ccccc2c1=O. The Labute approximate surface area is 139 Å². The maximum atomic E-state index is 12.4. The normalized spacial score (nSPS) is 18.0. The number of amides is 2. The summed E-state index contributed by atoms with van der Waals surface area (Å²) in [5.74, 6) is -0.410. The van der Waals surface area contributed by atoms with Crippen molar-refractivity contribution in [1.29, 1.82) is 0 Å². The van der Waals surface area contributed by atoms with Gasteiger partial charge in [-0.15, -0.1) is 0 Å². The zero-order valence-electron chi connectivity index (χ0n) is 13.5. The third-order valence-electron chi connectivity index (χ3n) is 4.23. The molecule has 1 aliphatic rings. The monoisotopic (exact) mass is 328 g/mol. The number of carbonyl (C=O) groups excluding carboxylic acids is 2. The first-order chi connectivity index (χ1) is 11.6. The second-order valence-corrected chi connectivity index (χ2v) is 6.00. The molecule has 1 aromatic carbocycles. The summed E-state index contributed by atoms with van der Waals surface area (Å²) < 4.78 is 1.24. The van der Waals surface area contributed by atoms with Gasteiger partial charge in [-0.3, -0.25) is 14.4 Å². The molecule has 2 aromatic rings. The van der Waals surface area contributed by atoms with E-state index in [0.29, 0.717) is 29.4 Å². The molecule has 0 radical (unpaired) electrons. The van der Waals surface area contributed by atoms with Gasteiger partial charge >= 0.3 is 0 Å². The lowest BCUT2D eigenvalue weighted by molar-refractivity contribution is -0.128. The summed E-state index contributed by atoms with van der Waals surface area (Å²) in [5.41, 5.74) is 0.331. The fourth-order valence-electron chi connectivity index (χ4n) is 2.98. The molecule has 2 heterocycles. The van der Waals surface area contributed by atoms with Crippen molar-refractivity contribution in [2.24, 2.45) is 7.05 Å². The van der Waals surface area contributed by atoms with Crippen molar-refractivity contribution in [1.82, 2.24) is 20.4 Å². The lowest BCUT2D eigenvalue weighted by Gasteiger charge is -2.15. The molecule has 3 rings (SSSR count). The number of nitrogens with one attached hydrogen (secondary N) is 2. The smallest absolute Gasteiger partial charge is 0.274 e. The first kappa shape index (κ1) is 16.2. The highest BCUT2D eigenvalue weighted by molar-refractivity contribution is 5.91. The molecule has 1 aliphatic heterocycles. The second kappa shape index (κ2) is 6.82. The van der Waals surface area contributed by atoms with E-state index < -0.39 is 6.04 Å². The summed E-state index contributed by atoms with van der Waals surface area (Å²) in [4.78, 5) is 36.4. The molecule has 7 heteroatoms. The van der Waals surface area contributed by atoms with Crippen molar-refractivity contribution in [3.05, 3.63) is 40.3 Å². The van der Waals surface area contributed by atoms with E-state index in [4.69, 9.17) is 0 Å². The Hall–Kier alpha value is -2.70. The Kier molecular flexibility index (Phi) is 4.59. The molecule has 1 saturated heterocycles. The molecule has 1 atom stereocenters. The molecule has 1 aromatic heterocycles. The van der Waals surface area contributed by atoms with Gasteiger partial charge in [-0.1, -0.05) is 18.2 Å². The van der Waals surface area contributed by atoms with E-state index in [0.717, 1.165) is 12.8 Å². The third-order valence-corrected chi connectivity index (χ3v) is 4.23. The summed E-state index contributed by atoms with van der Waals surface area (Å²) >= 11 is 0. The topological polar surface area (TPSA) is 93.1 Å². The van der Waals surface area contributed by atoms with Crippen molar-refractivity contribution in [2.45, 2.75) is 31.7 Å². The Bertz CT molecular complexity index is 843. The molecular weight excluding hydrogens is 308 g/mol. The van der Waals surface area contributed by atoms with E-state index in [1.54, 1.807) is 25.2 Å². The van der Waals surface area contributed by atoms with Crippen molar-refractivity contribution in [3.8, 4) is 0 Å². The number of rotatable bonds is 3. The van der Waals surface area contributed by atoms with Gasteiger partial charge in [0.05, 0.1) is 17.5 Å². The molecule has 7 nitrogen and oxygen atoms in total. The molecule has 0 spiro atoms. The number of aryl methyl sites for hydroxylation is 1. The fraction of sp³-hybridized carbons (Fsp3) is 0.412. The highest BCUT2D eigenvalue weighted by Gasteiger charge is 2.23. The number of nitrogens with zero attached hydrogens (tertiary/aromatic N) is 2. The highest BCUT2D eigenvalue weighted by Crippen LogP contribution is 2.14. The van der Waals surface area contributed by atoms with Crippen molar-refractivity contribution >= 4 is 22.6 Å². The molecular formula is C17H20N4O3. The van der Waals surface area contributed by atoms with Crippen LogP contribution in [0.15, 0.2) is 29.1 Å². The number of benzene rings is 1. The van der Waals surface area contributed by atoms with Crippen LogP contribution in [-0.2, 0) is 23.1 Å². The number of hydrogen-bond acceptors (Lipinski definition) is 4. The van der Waals surface area contributed by atoms with Gasteiger partial charge < -0.3 is 10.6 Å². The Morgan fingerprint density at radius 2 is 2.04 bits per heavy atom. The predicted octanol–water partition coefficient (Wildman–Crippen LogP) is 0.261. The minimum absolute atomic E-state index is 0.0262. The van der Waals surface area contributed by atoms with Crippen LogP contribution in [0.25, 0.3) is 10.8 Å². The van der Waals surface area contributed by atoms with Gasteiger partial charge in [-0.05, 0) is 25.3 Å². The average Bonchev–Trinajstić information content (AvgIpc) is 2.77. The minimum Gasteiger partial charge on any atom is -0.354 e. The van der Waals surface area contributed by atoms with Crippen LogP contribution in [0.3, 0.4) is 0 Å². The summed E-state index contributed by atoms with van der Waals surface area (Å²) in [5, 5.41) is 11.0. The Morgan fingerprint density at radius 3 is 2.83 bits per heavy atom. The average molecular weight is 328 g/mol. The second-order valence-electron chi connectivity index (χ2n) is 6.00. The van der Waals surface area contributed by atoms with Crippen LogP contribution in [0.4, 0.5) is 0 Å². The molecule has 24 heavy (non-hydrogen) atoms.